The molecule has 0 saturated carbocycles. The van der Waals surface area contributed by atoms with Crippen molar-refractivity contribution in [3.63, 3.8) is 0 Å². The van der Waals surface area contributed by atoms with Gasteiger partial charge in [0.1, 0.15) is 23.9 Å². The summed E-state index contributed by atoms with van der Waals surface area (Å²) in [7, 11) is 0. The van der Waals surface area contributed by atoms with Gasteiger partial charge < -0.3 is 14.6 Å². The molecule has 0 radical (unpaired) electrons. The highest BCUT2D eigenvalue weighted by Gasteiger charge is 2.25. The molecule has 8 heteroatoms. The van der Waals surface area contributed by atoms with Gasteiger partial charge >= 0.3 is 0 Å². The largest absolute Gasteiger partial charge is 0.467 e. The summed E-state index contributed by atoms with van der Waals surface area (Å²) in [6.45, 7) is 9.85. The fraction of sp³-hybridized carbons (Fsp3) is 0.276. The molecule has 4 rings (SSSR count). The van der Waals surface area contributed by atoms with Crippen molar-refractivity contribution in [1.82, 2.24) is 14.7 Å². The molecule has 4 aromatic rings. The number of carbonyl (C=O) groups is 2. The highest BCUT2D eigenvalue weighted by molar-refractivity contribution is 5.99. The minimum absolute atomic E-state index is 0.0111. The summed E-state index contributed by atoms with van der Waals surface area (Å²) in [6.07, 6.45) is 1.48. The number of nitrogens with one attached hydrogen (secondary N) is 1. The highest BCUT2D eigenvalue weighted by atomic mass is 19.1. The number of aryl methyl sites for hydroxylation is 2. The maximum absolute atomic E-state index is 14.4. The van der Waals surface area contributed by atoms with Gasteiger partial charge in [-0.2, -0.15) is 5.10 Å². The molecule has 7 nitrogen and oxygen atoms in total. The first-order valence-corrected chi connectivity index (χ1v) is 12.1. The lowest BCUT2D eigenvalue weighted by Crippen LogP contribution is -2.38. The van der Waals surface area contributed by atoms with Gasteiger partial charge in [0.15, 0.2) is 0 Å². The molecule has 0 fully saturated rings. The zero-order chi connectivity index (χ0) is 26.7. The second-order valence-corrected chi connectivity index (χ2v) is 10.1. The number of hydrogen-bond acceptors (Lipinski definition) is 4. The number of furan rings is 1. The van der Waals surface area contributed by atoms with Crippen LogP contribution in [0.3, 0.4) is 0 Å². The molecular weight excluding hydrogens is 471 g/mol. The average molecular weight is 503 g/mol. The Balaban J connectivity index is 1.64. The molecular formula is C29H31FN4O3. The molecule has 0 bridgehead atoms. The Morgan fingerprint density at radius 2 is 1.81 bits per heavy atom. The Hall–Kier alpha value is -4.20. The van der Waals surface area contributed by atoms with Gasteiger partial charge in [-0.05, 0) is 49.7 Å². The summed E-state index contributed by atoms with van der Waals surface area (Å²) in [5.41, 5.74) is 3.40. The van der Waals surface area contributed by atoms with Crippen molar-refractivity contribution in [3.8, 4) is 5.69 Å². The Kier molecular flexibility index (Phi) is 7.29. The predicted molar refractivity (Wildman–Crippen MR) is 140 cm³/mol. The summed E-state index contributed by atoms with van der Waals surface area (Å²) >= 11 is 0. The summed E-state index contributed by atoms with van der Waals surface area (Å²) in [5.74, 6) is -0.739. The van der Waals surface area contributed by atoms with Crippen LogP contribution >= 0.6 is 0 Å². The molecule has 0 spiro atoms. The summed E-state index contributed by atoms with van der Waals surface area (Å²) in [5, 5.41) is 7.70. The van der Waals surface area contributed by atoms with E-state index in [4.69, 9.17) is 9.52 Å². The fourth-order valence-corrected chi connectivity index (χ4v) is 4.01. The number of hydrogen-bond donors (Lipinski definition) is 1. The SMILES string of the molecule is Cc1ccc(-n2nc(C(C)(C)C)cc2NC(=O)CN(Cc2ccco2)C(=O)c2ccccc2F)c(C)c1. The van der Waals surface area contributed by atoms with Gasteiger partial charge in [0.25, 0.3) is 5.91 Å². The van der Waals surface area contributed by atoms with Crippen molar-refractivity contribution in [2.75, 3.05) is 11.9 Å². The number of benzene rings is 2. The summed E-state index contributed by atoms with van der Waals surface area (Å²) in [6, 6.07) is 16.9. The van der Waals surface area contributed by atoms with Gasteiger partial charge in [-0.25, -0.2) is 9.07 Å². The van der Waals surface area contributed by atoms with Crippen molar-refractivity contribution in [2.45, 2.75) is 46.6 Å². The minimum atomic E-state index is -0.653. The van der Waals surface area contributed by atoms with E-state index < -0.39 is 17.6 Å². The molecule has 0 saturated heterocycles. The average Bonchev–Trinajstić information content (AvgIpc) is 3.49. The van der Waals surface area contributed by atoms with Gasteiger partial charge in [-0.15, -0.1) is 0 Å². The lowest BCUT2D eigenvalue weighted by Gasteiger charge is -2.22. The first kappa shape index (κ1) is 25.9. The van der Waals surface area contributed by atoms with Crippen LogP contribution in [0.2, 0.25) is 0 Å². The smallest absolute Gasteiger partial charge is 0.257 e. The van der Waals surface area contributed by atoms with Crippen LogP contribution < -0.4 is 5.32 Å². The van der Waals surface area contributed by atoms with E-state index in [0.29, 0.717) is 11.6 Å². The number of aromatic nitrogens is 2. The molecule has 2 amide bonds. The molecule has 0 atom stereocenters. The van der Waals surface area contributed by atoms with Crippen molar-refractivity contribution in [1.29, 1.82) is 0 Å². The van der Waals surface area contributed by atoms with Crippen LogP contribution in [0.1, 0.15) is 53.7 Å². The van der Waals surface area contributed by atoms with Gasteiger partial charge in [0.2, 0.25) is 5.91 Å². The number of rotatable bonds is 7. The monoisotopic (exact) mass is 502 g/mol. The van der Waals surface area contributed by atoms with Crippen LogP contribution in [-0.2, 0) is 16.8 Å². The van der Waals surface area contributed by atoms with Gasteiger partial charge in [0, 0.05) is 11.5 Å². The van der Waals surface area contributed by atoms with E-state index in [9.17, 15) is 14.0 Å². The normalized spacial score (nSPS) is 11.4. The maximum atomic E-state index is 14.4. The summed E-state index contributed by atoms with van der Waals surface area (Å²) < 4.78 is 21.5. The Bertz CT molecular complexity index is 1420. The van der Waals surface area contributed by atoms with Gasteiger partial charge in [0.05, 0.1) is 29.8 Å². The molecule has 0 aliphatic rings. The van der Waals surface area contributed by atoms with Gasteiger partial charge in [-0.3, -0.25) is 9.59 Å². The molecule has 1 N–H and O–H groups in total. The van der Waals surface area contributed by atoms with Crippen molar-refractivity contribution < 1.29 is 18.4 Å². The van der Waals surface area contributed by atoms with Crippen LogP contribution in [0.25, 0.3) is 5.69 Å². The Labute approximate surface area is 215 Å². The van der Waals surface area contributed by atoms with Crippen LogP contribution in [0, 0.1) is 19.7 Å². The van der Waals surface area contributed by atoms with E-state index in [1.54, 1.807) is 22.9 Å². The molecule has 0 aliphatic heterocycles. The maximum Gasteiger partial charge on any atom is 0.257 e. The zero-order valence-electron chi connectivity index (χ0n) is 21.7. The Morgan fingerprint density at radius 3 is 2.46 bits per heavy atom. The Morgan fingerprint density at radius 1 is 1.05 bits per heavy atom. The second-order valence-electron chi connectivity index (χ2n) is 10.1. The van der Waals surface area contributed by atoms with Crippen LogP contribution in [-0.4, -0.2) is 33.0 Å². The number of anilines is 1. The molecule has 37 heavy (non-hydrogen) atoms. The first-order valence-electron chi connectivity index (χ1n) is 12.1. The third-order valence-corrected chi connectivity index (χ3v) is 5.98. The van der Waals surface area contributed by atoms with E-state index in [1.165, 1.54) is 29.4 Å². The second kappa shape index (κ2) is 10.4. The summed E-state index contributed by atoms with van der Waals surface area (Å²) in [4.78, 5) is 27.8. The topological polar surface area (TPSA) is 80.4 Å². The third-order valence-electron chi connectivity index (χ3n) is 5.98. The van der Waals surface area contributed by atoms with E-state index >= 15 is 0 Å². The fourth-order valence-electron chi connectivity index (χ4n) is 4.01. The van der Waals surface area contributed by atoms with Crippen LogP contribution in [0.4, 0.5) is 10.2 Å². The minimum Gasteiger partial charge on any atom is -0.467 e. The predicted octanol–water partition coefficient (Wildman–Crippen LogP) is 5.80. The molecule has 192 valence electrons. The first-order chi connectivity index (χ1) is 17.5. The molecule has 2 aromatic carbocycles. The van der Waals surface area contributed by atoms with Crippen LogP contribution in [0.15, 0.2) is 71.3 Å². The van der Waals surface area contributed by atoms with Crippen molar-refractivity contribution >= 4 is 17.6 Å². The van der Waals surface area contributed by atoms with E-state index in [0.717, 1.165) is 22.5 Å². The van der Waals surface area contributed by atoms with E-state index in [1.807, 2.05) is 52.8 Å². The quantitative estimate of drug-likeness (QED) is 0.346. The van der Waals surface area contributed by atoms with E-state index in [-0.39, 0.29) is 24.1 Å². The molecule has 2 aromatic heterocycles. The number of carbonyl (C=O) groups excluding carboxylic acids is 2. The van der Waals surface area contributed by atoms with Crippen LogP contribution in [0.5, 0.6) is 0 Å². The number of nitrogens with zero attached hydrogens (tertiary/aromatic N) is 3. The van der Waals surface area contributed by atoms with Crippen molar-refractivity contribution in [2.24, 2.45) is 0 Å². The third kappa shape index (κ3) is 5.97. The standard InChI is InChI=1S/C29H31FN4O3/c1-19-12-13-24(20(2)15-19)34-26(16-25(32-34)29(3,4)5)31-27(35)18-33(17-21-9-8-14-37-21)28(36)22-10-6-7-11-23(22)30/h6-16H,17-18H2,1-5H3,(H,31,35). The van der Waals surface area contributed by atoms with Crippen molar-refractivity contribution in [3.05, 3.63) is 101 Å². The molecule has 0 unspecified atom stereocenters. The highest BCUT2D eigenvalue weighted by Crippen LogP contribution is 2.28. The number of halogens is 1. The van der Waals surface area contributed by atoms with E-state index in [2.05, 4.69) is 11.4 Å². The number of amides is 2. The van der Waals surface area contributed by atoms with Gasteiger partial charge in [-0.1, -0.05) is 50.6 Å². The zero-order valence-corrected chi connectivity index (χ0v) is 21.7. The lowest BCUT2D eigenvalue weighted by molar-refractivity contribution is -0.117. The molecule has 0 aliphatic carbocycles. The lowest BCUT2D eigenvalue weighted by atomic mass is 9.92. The molecule has 2 heterocycles.